The standard InChI is InChI=1S/C32H35F2N5O4S/c1-3-29(40)36-22-5-4-6-23(18-22)39-26-12-7-20(19-35-21-8-10-24(11-9-21)43-16-15-42-2)17-25(26)37-32(39)38-31(41)28-14-13-27(44-28)30(33)34/h3-7,12-14,17-18,21,24,30,35H,1,8-11,15-16,19H2,2H3,(H,36,40)(H,37,38,41). The minimum atomic E-state index is -2.66. The number of imidazole rings is 1. The number of nitrogens with zero attached hydrogens (tertiary/aromatic N) is 2. The van der Waals surface area contributed by atoms with Crippen LogP contribution in [0.5, 0.6) is 0 Å². The summed E-state index contributed by atoms with van der Waals surface area (Å²) < 4.78 is 39.0. The van der Waals surface area contributed by atoms with Gasteiger partial charge in [-0.2, -0.15) is 0 Å². The largest absolute Gasteiger partial charge is 0.382 e. The van der Waals surface area contributed by atoms with E-state index in [1.54, 1.807) is 29.9 Å². The Morgan fingerprint density at radius 1 is 1.09 bits per heavy atom. The van der Waals surface area contributed by atoms with E-state index in [0.717, 1.165) is 48.1 Å². The zero-order chi connectivity index (χ0) is 31.1. The molecule has 0 atom stereocenters. The summed E-state index contributed by atoms with van der Waals surface area (Å²) in [5.41, 5.74) is 3.58. The first-order valence-electron chi connectivity index (χ1n) is 14.4. The molecular weight excluding hydrogens is 588 g/mol. The maximum Gasteiger partial charge on any atom is 0.272 e. The first-order chi connectivity index (χ1) is 21.3. The predicted octanol–water partition coefficient (Wildman–Crippen LogP) is 6.47. The molecule has 0 radical (unpaired) electrons. The highest BCUT2D eigenvalue weighted by Crippen LogP contribution is 2.30. The highest BCUT2D eigenvalue weighted by Gasteiger charge is 2.22. The second kappa shape index (κ2) is 14.7. The number of anilines is 2. The number of ether oxygens (including phenoxy) is 2. The number of carbonyl (C=O) groups excluding carboxylic acids is 2. The Kier molecular flexibility index (Phi) is 10.5. The van der Waals surface area contributed by atoms with Gasteiger partial charge in [0.05, 0.1) is 45.8 Å². The SMILES string of the molecule is C=CC(=O)Nc1cccc(-n2c(NC(=O)c3ccc(C(F)F)s3)nc3cc(CNC4CCC(OCCOC)CC4)ccc32)c1. The molecule has 12 heteroatoms. The highest BCUT2D eigenvalue weighted by atomic mass is 32.1. The van der Waals surface area contributed by atoms with Crippen molar-refractivity contribution in [3.05, 3.63) is 82.6 Å². The Morgan fingerprint density at radius 3 is 2.64 bits per heavy atom. The lowest BCUT2D eigenvalue weighted by Gasteiger charge is -2.29. The number of hydrogen-bond acceptors (Lipinski definition) is 7. The van der Waals surface area contributed by atoms with Gasteiger partial charge in [-0.1, -0.05) is 18.7 Å². The van der Waals surface area contributed by atoms with Crippen LogP contribution in [0.1, 0.15) is 52.2 Å². The lowest BCUT2D eigenvalue weighted by Crippen LogP contribution is -2.35. The van der Waals surface area contributed by atoms with Gasteiger partial charge in [-0.15, -0.1) is 11.3 Å². The molecule has 0 unspecified atom stereocenters. The molecule has 0 bridgehead atoms. The Bertz CT molecular complexity index is 1610. The molecule has 1 aliphatic rings. The van der Waals surface area contributed by atoms with E-state index in [0.29, 0.717) is 42.7 Å². The van der Waals surface area contributed by atoms with Gasteiger partial charge in [0.15, 0.2) is 0 Å². The summed E-state index contributed by atoms with van der Waals surface area (Å²) in [6.45, 7) is 5.37. The van der Waals surface area contributed by atoms with E-state index < -0.39 is 12.3 Å². The fourth-order valence-electron chi connectivity index (χ4n) is 5.25. The van der Waals surface area contributed by atoms with E-state index in [-0.39, 0.29) is 27.7 Å². The molecule has 1 aliphatic carbocycles. The molecule has 1 fully saturated rings. The van der Waals surface area contributed by atoms with E-state index in [9.17, 15) is 18.4 Å². The Balaban J connectivity index is 1.37. The molecule has 232 valence electrons. The number of rotatable bonds is 13. The molecule has 9 nitrogen and oxygen atoms in total. The average molecular weight is 624 g/mol. The van der Waals surface area contributed by atoms with Crippen molar-refractivity contribution in [1.29, 1.82) is 0 Å². The second-order valence-electron chi connectivity index (χ2n) is 10.5. The van der Waals surface area contributed by atoms with Crippen LogP contribution in [0.25, 0.3) is 16.7 Å². The van der Waals surface area contributed by atoms with E-state index in [2.05, 4.69) is 22.5 Å². The van der Waals surface area contributed by atoms with Crippen molar-refractivity contribution in [2.24, 2.45) is 0 Å². The third kappa shape index (κ3) is 7.75. The molecule has 2 heterocycles. The quantitative estimate of drug-likeness (QED) is 0.117. The fraction of sp³-hybridized carbons (Fsp3) is 0.344. The minimum Gasteiger partial charge on any atom is -0.382 e. The molecule has 2 aromatic heterocycles. The number of amides is 2. The molecule has 3 N–H and O–H groups in total. The van der Waals surface area contributed by atoms with Crippen LogP contribution in [-0.4, -0.2) is 53.8 Å². The van der Waals surface area contributed by atoms with Gasteiger partial charge >= 0.3 is 0 Å². The van der Waals surface area contributed by atoms with Crippen molar-refractivity contribution in [2.45, 2.75) is 50.8 Å². The van der Waals surface area contributed by atoms with Crippen LogP contribution in [0.15, 0.2) is 67.3 Å². The number of thiophene rings is 1. The van der Waals surface area contributed by atoms with Crippen molar-refractivity contribution in [2.75, 3.05) is 31.0 Å². The van der Waals surface area contributed by atoms with Crippen LogP contribution < -0.4 is 16.0 Å². The van der Waals surface area contributed by atoms with Crippen LogP contribution >= 0.6 is 11.3 Å². The van der Waals surface area contributed by atoms with Gasteiger partial charge in [0, 0.05) is 25.4 Å². The van der Waals surface area contributed by atoms with Crippen molar-refractivity contribution in [3.8, 4) is 5.69 Å². The molecular formula is C32H35F2N5O4S. The molecule has 2 aromatic carbocycles. The summed E-state index contributed by atoms with van der Waals surface area (Å²) in [6, 6.07) is 16.0. The van der Waals surface area contributed by atoms with Gasteiger partial charge in [-0.3, -0.25) is 19.5 Å². The Hall–Kier alpha value is -3.97. The molecule has 0 saturated heterocycles. The molecule has 4 aromatic rings. The van der Waals surface area contributed by atoms with Crippen molar-refractivity contribution in [3.63, 3.8) is 0 Å². The van der Waals surface area contributed by atoms with Gasteiger partial charge in [0.1, 0.15) is 0 Å². The average Bonchev–Trinajstić information content (AvgIpc) is 3.66. The number of methoxy groups -OCH3 is 1. The van der Waals surface area contributed by atoms with Crippen LogP contribution in [-0.2, 0) is 20.8 Å². The van der Waals surface area contributed by atoms with Gasteiger partial charge in [0.2, 0.25) is 11.9 Å². The van der Waals surface area contributed by atoms with E-state index in [1.165, 1.54) is 18.2 Å². The summed E-state index contributed by atoms with van der Waals surface area (Å²) in [4.78, 5) is 29.7. The van der Waals surface area contributed by atoms with Gasteiger partial charge in [-0.25, -0.2) is 13.8 Å². The lowest BCUT2D eigenvalue weighted by atomic mass is 9.93. The number of halogens is 2. The summed E-state index contributed by atoms with van der Waals surface area (Å²) in [6.07, 6.45) is 2.86. The third-order valence-electron chi connectivity index (χ3n) is 7.48. The summed E-state index contributed by atoms with van der Waals surface area (Å²) >= 11 is 0.738. The maximum atomic E-state index is 13.2. The number of aromatic nitrogens is 2. The van der Waals surface area contributed by atoms with Crippen molar-refractivity contribution in [1.82, 2.24) is 14.9 Å². The Labute approximate surface area is 258 Å². The zero-order valence-electron chi connectivity index (χ0n) is 24.4. The predicted molar refractivity (Wildman–Crippen MR) is 168 cm³/mol. The molecule has 0 aliphatic heterocycles. The van der Waals surface area contributed by atoms with Gasteiger partial charge in [0.25, 0.3) is 12.3 Å². The number of alkyl halides is 2. The fourth-order valence-corrected chi connectivity index (χ4v) is 6.01. The summed E-state index contributed by atoms with van der Waals surface area (Å²) in [7, 11) is 1.67. The van der Waals surface area contributed by atoms with Gasteiger partial charge < -0.3 is 20.1 Å². The van der Waals surface area contributed by atoms with Crippen molar-refractivity contribution >= 4 is 45.8 Å². The number of nitrogens with one attached hydrogen (secondary N) is 3. The number of carbonyl (C=O) groups is 2. The van der Waals surface area contributed by atoms with Crippen LogP contribution in [0.4, 0.5) is 20.4 Å². The van der Waals surface area contributed by atoms with Gasteiger partial charge in [-0.05, 0) is 79.8 Å². The third-order valence-corrected chi connectivity index (χ3v) is 8.57. The summed E-state index contributed by atoms with van der Waals surface area (Å²) in [5.74, 6) is -0.678. The number of fused-ring (bicyclic) bond motifs is 1. The van der Waals surface area contributed by atoms with Crippen molar-refractivity contribution < 1.29 is 27.8 Å². The highest BCUT2D eigenvalue weighted by molar-refractivity contribution is 7.14. The lowest BCUT2D eigenvalue weighted by molar-refractivity contribution is -0.111. The topological polar surface area (TPSA) is 107 Å². The minimum absolute atomic E-state index is 0.148. The van der Waals surface area contributed by atoms with Crippen LogP contribution in [0.3, 0.4) is 0 Å². The first kappa shape index (κ1) is 31.5. The molecule has 1 saturated carbocycles. The molecule has 2 amide bonds. The van der Waals surface area contributed by atoms with E-state index >= 15 is 0 Å². The van der Waals surface area contributed by atoms with Crippen LogP contribution in [0, 0.1) is 0 Å². The molecule has 5 rings (SSSR count). The monoisotopic (exact) mass is 623 g/mol. The first-order valence-corrected chi connectivity index (χ1v) is 15.2. The maximum absolute atomic E-state index is 13.2. The number of hydrogen-bond donors (Lipinski definition) is 3. The summed E-state index contributed by atoms with van der Waals surface area (Å²) in [5, 5.41) is 9.20. The van der Waals surface area contributed by atoms with E-state index in [4.69, 9.17) is 14.5 Å². The second-order valence-corrected chi connectivity index (χ2v) is 11.6. The van der Waals surface area contributed by atoms with Crippen LogP contribution in [0.2, 0.25) is 0 Å². The molecule has 44 heavy (non-hydrogen) atoms. The zero-order valence-corrected chi connectivity index (χ0v) is 25.2. The number of benzene rings is 2. The molecule has 0 spiro atoms. The van der Waals surface area contributed by atoms with E-state index in [1.807, 2.05) is 24.3 Å². The smallest absolute Gasteiger partial charge is 0.272 e. The normalized spacial score (nSPS) is 16.7. The Morgan fingerprint density at radius 2 is 1.91 bits per heavy atom.